The highest BCUT2D eigenvalue weighted by atomic mass is 16.5. The average Bonchev–Trinajstić information content (AvgIpc) is 2.49. The van der Waals surface area contributed by atoms with Gasteiger partial charge in [0, 0.05) is 12.8 Å². The molecule has 0 amide bonds. The minimum atomic E-state index is -1.34. The van der Waals surface area contributed by atoms with Crippen LogP contribution in [0.4, 0.5) is 0 Å². The van der Waals surface area contributed by atoms with Gasteiger partial charge in [0.2, 0.25) is 0 Å². The molecule has 14 heavy (non-hydrogen) atoms. The van der Waals surface area contributed by atoms with E-state index in [-0.39, 0.29) is 12.4 Å². The molecule has 0 radical (unpaired) electrons. The molecule has 1 unspecified atom stereocenters. The maximum absolute atomic E-state index is 11.6. The van der Waals surface area contributed by atoms with Gasteiger partial charge in [0.1, 0.15) is 0 Å². The molecule has 4 heteroatoms. The quantitative estimate of drug-likeness (QED) is 0.403. The predicted molar refractivity (Wildman–Crippen MR) is 51.6 cm³/mol. The van der Waals surface area contributed by atoms with Gasteiger partial charge in [-0.05, 0) is 6.42 Å². The third kappa shape index (κ3) is 2.12. The molecule has 1 aliphatic rings. The molecule has 4 nitrogen and oxygen atoms in total. The van der Waals surface area contributed by atoms with Gasteiger partial charge in [0.05, 0.1) is 6.61 Å². The van der Waals surface area contributed by atoms with Crippen molar-refractivity contribution in [3.63, 3.8) is 0 Å². The van der Waals surface area contributed by atoms with Gasteiger partial charge in [-0.3, -0.25) is 4.79 Å². The topological polar surface area (TPSA) is 69.4 Å². The number of cyclic esters (lactones) is 1. The van der Waals surface area contributed by atoms with Crippen LogP contribution < -0.4 is 5.73 Å². The SMILES string of the molecule is CCCCCC(=O)C1(N)CCOC1=O. The fourth-order valence-corrected chi connectivity index (χ4v) is 1.55. The predicted octanol–water partition coefficient (Wildman–Crippen LogP) is 0.780. The van der Waals surface area contributed by atoms with Crippen molar-refractivity contribution in [2.75, 3.05) is 6.61 Å². The Hall–Kier alpha value is -0.900. The molecule has 1 rings (SSSR count). The standard InChI is InChI=1S/C10H17NO3/c1-2-3-4-5-8(12)10(11)6-7-14-9(10)13/h2-7,11H2,1H3. The summed E-state index contributed by atoms with van der Waals surface area (Å²) in [5, 5.41) is 0. The fraction of sp³-hybridized carbons (Fsp3) is 0.800. The summed E-state index contributed by atoms with van der Waals surface area (Å²) in [6.45, 7) is 2.33. The fourth-order valence-electron chi connectivity index (χ4n) is 1.55. The summed E-state index contributed by atoms with van der Waals surface area (Å²) in [5.41, 5.74) is 4.36. The van der Waals surface area contributed by atoms with Crippen LogP contribution in [-0.4, -0.2) is 23.9 Å². The highest BCUT2D eigenvalue weighted by Gasteiger charge is 2.46. The Balaban J connectivity index is 2.46. The molecular formula is C10H17NO3. The van der Waals surface area contributed by atoms with Crippen molar-refractivity contribution in [3.8, 4) is 0 Å². The minimum absolute atomic E-state index is 0.173. The van der Waals surface area contributed by atoms with E-state index in [0.717, 1.165) is 19.3 Å². The molecular weight excluding hydrogens is 182 g/mol. The molecule has 0 aromatic heterocycles. The van der Waals surface area contributed by atoms with Gasteiger partial charge in [-0.15, -0.1) is 0 Å². The second kappa shape index (κ2) is 4.55. The van der Waals surface area contributed by atoms with Gasteiger partial charge in [-0.25, -0.2) is 4.79 Å². The molecule has 1 fully saturated rings. The Morgan fingerprint density at radius 3 is 2.79 bits per heavy atom. The smallest absolute Gasteiger partial charge is 0.334 e. The van der Waals surface area contributed by atoms with Gasteiger partial charge >= 0.3 is 5.97 Å². The zero-order valence-electron chi connectivity index (χ0n) is 8.54. The van der Waals surface area contributed by atoms with Crippen LogP contribution in [-0.2, 0) is 14.3 Å². The number of hydrogen-bond acceptors (Lipinski definition) is 4. The number of hydrogen-bond donors (Lipinski definition) is 1. The Kier molecular flexibility index (Phi) is 3.63. The van der Waals surface area contributed by atoms with E-state index in [9.17, 15) is 9.59 Å². The monoisotopic (exact) mass is 199 g/mol. The lowest BCUT2D eigenvalue weighted by atomic mass is 9.90. The zero-order valence-corrected chi connectivity index (χ0v) is 8.54. The van der Waals surface area contributed by atoms with E-state index in [1.165, 1.54) is 0 Å². The van der Waals surface area contributed by atoms with Crippen LogP contribution in [0.3, 0.4) is 0 Å². The van der Waals surface area contributed by atoms with Crippen molar-refractivity contribution in [2.45, 2.75) is 44.6 Å². The molecule has 0 aromatic rings. The lowest BCUT2D eigenvalue weighted by molar-refractivity contribution is -0.146. The first-order valence-electron chi connectivity index (χ1n) is 5.10. The highest BCUT2D eigenvalue weighted by molar-refractivity contribution is 6.09. The molecule has 0 aromatic carbocycles. The maximum Gasteiger partial charge on any atom is 0.334 e. The number of carbonyl (C=O) groups excluding carboxylic acids is 2. The van der Waals surface area contributed by atoms with Crippen LogP contribution in [0.1, 0.15) is 39.0 Å². The van der Waals surface area contributed by atoms with Gasteiger partial charge in [0.15, 0.2) is 11.3 Å². The zero-order chi connectivity index (χ0) is 10.6. The summed E-state index contributed by atoms with van der Waals surface area (Å²) in [6, 6.07) is 0. The van der Waals surface area contributed by atoms with E-state index in [0.29, 0.717) is 12.8 Å². The third-order valence-electron chi connectivity index (χ3n) is 2.60. The van der Waals surface area contributed by atoms with Crippen molar-refractivity contribution < 1.29 is 14.3 Å². The van der Waals surface area contributed by atoms with Crippen molar-refractivity contribution in [2.24, 2.45) is 5.73 Å². The molecule has 1 saturated heterocycles. The third-order valence-corrected chi connectivity index (χ3v) is 2.60. The van der Waals surface area contributed by atoms with Gasteiger partial charge in [-0.2, -0.15) is 0 Å². The van der Waals surface area contributed by atoms with E-state index in [1.54, 1.807) is 0 Å². The summed E-state index contributed by atoms with van der Waals surface area (Å²) in [7, 11) is 0. The minimum Gasteiger partial charge on any atom is -0.464 e. The number of nitrogens with two attached hydrogens (primary N) is 1. The largest absolute Gasteiger partial charge is 0.464 e. The summed E-state index contributed by atoms with van der Waals surface area (Å²) in [4.78, 5) is 22.8. The van der Waals surface area contributed by atoms with E-state index >= 15 is 0 Å². The van der Waals surface area contributed by atoms with Gasteiger partial charge < -0.3 is 10.5 Å². The first kappa shape index (κ1) is 11.2. The second-order valence-corrected chi connectivity index (χ2v) is 3.74. The van der Waals surface area contributed by atoms with E-state index in [1.807, 2.05) is 0 Å². The molecule has 1 aliphatic heterocycles. The number of ketones is 1. The lowest BCUT2D eigenvalue weighted by Gasteiger charge is -2.16. The van der Waals surface area contributed by atoms with Crippen molar-refractivity contribution in [3.05, 3.63) is 0 Å². The normalized spacial score (nSPS) is 26.3. The number of ether oxygens (including phenoxy) is 1. The first-order chi connectivity index (χ1) is 6.61. The van der Waals surface area contributed by atoms with E-state index < -0.39 is 11.5 Å². The molecule has 0 saturated carbocycles. The van der Waals surface area contributed by atoms with Gasteiger partial charge in [0.25, 0.3) is 0 Å². The molecule has 0 bridgehead atoms. The van der Waals surface area contributed by atoms with E-state index in [2.05, 4.69) is 6.92 Å². The summed E-state index contributed by atoms with van der Waals surface area (Å²) in [5.74, 6) is -0.729. The maximum atomic E-state index is 11.6. The summed E-state index contributed by atoms with van der Waals surface area (Å²) >= 11 is 0. The Labute approximate surface area is 83.8 Å². The number of carbonyl (C=O) groups is 2. The van der Waals surface area contributed by atoms with Crippen molar-refractivity contribution >= 4 is 11.8 Å². The molecule has 1 heterocycles. The summed E-state index contributed by atoms with van der Waals surface area (Å²) < 4.78 is 4.71. The number of unbranched alkanes of at least 4 members (excludes halogenated alkanes) is 2. The molecule has 0 spiro atoms. The molecule has 0 aliphatic carbocycles. The molecule has 1 atom stereocenters. The first-order valence-corrected chi connectivity index (χ1v) is 5.10. The van der Waals surface area contributed by atoms with E-state index in [4.69, 9.17) is 10.5 Å². The van der Waals surface area contributed by atoms with Gasteiger partial charge in [-0.1, -0.05) is 19.8 Å². The Morgan fingerprint density at radius 2 is 2.29 bits per heavy atom. The molecule has 80 valence electrons. The molecule has 2 N–H and O–H groups in total. The van der Waals surface area contributed by atoms with Crippen molar-refractivity contribution in [1.82, 2.24) is 0 Å². The average molecular weight is 199 g/mol. The number of Topliss-reactive ketones (excluding diaryl/α,β-unsaturated/α-hetero) is 1. The van der Waals surface area contributed by atoms with Crippen molar-refractivity contribution in [1.29, 1.82) is 0 Å². The second-order valence-electron chi connectivity index (χ2n) is 3.74. The van der Waals surface area contributed by atoms with Crippen LogP contribution in [0, 0.1) is 0 Å². The number of esters is 1. The summed E-state index contributed by atoms with van der Waals surface area (Å²) in [6.07, 6.45) is 3.57. The van der Waals surface area contributed by atoms with Crippen LogP contribution in [0.25, 0.3) is 0 Å². The lowest BCUT2D eigenvalue weighted by Crippen LogP contribution is -2.51. The Morgan fingerprint density at radius 1 is 1.57 bits per heavy atom. The van der Waals surface area contributed by atoms with Crippen LogP contribution >= 0.6 is 0 Å². The highest BCUT2D eigenvalue weighted by Crippen LogP contribution is 2.20. The Bertz CT molecular complexity index is 240. The van der Waals surface area contributed by atoms with Crippen LogP contribution in [0.15, 0.2) is 0 Å². The van der Waals surface area contributed by atoms with Crippen LogP contribution in [0.5, 0.6) is 0 Å². The number of rotatable bonds is 5. The van der Waals surface area contributed by atoms with Crippen LogP contribution in [0.2, 0.25) is 0 Å².